The van der Waals surface area contributed by atoms with E-state index in [-0.39, 0.29) is 11.9 Å². The number of carbonyl (C=O) groups is 1. The molecule has 0 aromatic heterocycles. The molecule has 25 heavy (non-hydrogen) atoms. The number of rotatable bonds is 1. The highest BCUT2D eigenvalue weighted by atomic mass is 16.2. The monoisotopic (exact) mass is 340 g/mol. The molecule has 0 unspecified atom stereocenters. The summed E-state index contributed by atoms with van der Waals surface area (Å²) < 4.78 is 0. The Morgan fingerprint density at radius 1 is 1.16 bits per heavy atom. The molecule has 1 fully saturated rings. The topological polar surface area (TPSA) is 109 Å². The molecule has 7 heteroatoms. The zero-order valence-electron chi connectivity index (χ0n) is 14.7. The third-order valence-corrected chi connectivity index (χ3v) is 5.60. The van der Waals surface area contributed by atoms with Gasteiger partial charge in [-0.3, -0.25) is 9.69 Å². The third-order valence-electron chi connectivity index (χ3n) is 5.60. The fourth-order valence-electron chi connectivity index (χ4n) is 4.19. The maximum absolute atomic E-state index is 12.2. The number of hydrogen-bond donors (Lipinski definition) is 3. The Morgan fingerprint density at radius 2 is 1.88 bits per heavy atom. The second kappa shape index (κ2) is 5.21. The van der Waals surface area contributed by atoms with Crippen LogP contribution in [0.1, 0.15) is 51.5 Å². The zero-order valence-corrected chi connectivity index (χ0v) is 14.7. The molecule has 1 saturated carbocycles. The summed E-state index contributed by atoms with van der Waals surface area (Å²) in [5.74, 6) is 0.619. The molecule has 1 spiro atoms. The first-order valence-corrected chi connectivity index (χ1v) is 8.79. The van der Waals surface area contributed by atoms with E-state index < -0.39 is 11.1 Å². The number of aliphatic imine (C=N–C) groups is 2. The van der Waals surface area contributed by atoms with Crippen LogP contribution in [0, 0.1) is 0 Å². The van der Waals surface area contributed by atoms with Crippen molar-refractivity contribution in [3.63, 3.8) is 0 Å². The smallest absolute Gasteiger partial charge is 0.234 e. The number of anilines is 2. The van der Waals surface area contributed by atoms with Crippen LogP contribution in [0.2, 0.25) is 0 Å². The molecule has 0 atom stereocenters. The molecule has 2 aliphatic heterocycles. The van der Waals surface area contributed by atoms with Gasteiger partial charge in [-0.2, -0.15) is 4.99 Å². The summed E-state index contributed by atoms with van der Waals surface area (Å²) in [5, 5.41) is 2.94. The van der Waals surface area contributed by atoms with Crippen molar-refractivity contribution in [1.82, 2.24) is 0 Å². The molecule has 1 aromatic carbocycles. The van der Waals surface area contributed by atoms with E-state index in [1.807, 2.05) is 36.9 Å². The van der Waals surface area contributed by atoms with Gasteiger partial charge in [0.1, 0.15) is 5.66 Å². The lowest BCUT2D eigenvalue weighted by atomic mass is 9.84. The van der Waals surface area contributed by atoms with Crippen LogP contribution in [0.5, 0.6) is 0 Å². The van der Waals surface area contributed by atoms with Crippen molar-refractivity contribution in [2.24, 2.45) is 21.5 Å². The fraction of sp³-hybridized carbons (Fsp3) is 0.500. The van der Waals surface area contributed by atoms with Crippen LogP contribution in [-0.4, -0.2) is 23.5 Å². The second-order valence-electron chi connectivity index (χ2n) is 7.63. The number of amides is 1. The van der Waals surface area contributed by atoms with Gasteiger partial charge in [0.05, 0.1) is 5.41 Å². The lowest BCUT2D eigenvalue weighted by Crippen LogP contribution is -2.58. The van der Waals surface area contributed by atoms with Gasteiger partial charge in [-0.05, 0) is 63.3 Å². The molecule has 1 aliphatic carbocycles. The highest BCUT2D eigenvalue weighted by Crippen LogP contribution is 2.43. The summed E-state index contributed by atoms with van der Waals surface area (Å²) in [6.07, 6.45) is 5.13. The maximum atomic E-state index is 12.2. The van der Waals surface area contributed by atoms with E-state index >= 15 is 0 Å². The van der Waals surface area contributed by atoms with E-state index in [0.29, 0.717) is 5.96 Å². The van der Waals surface area contributed by atoms with Crippen LogP contribution in [-0.2, 0) is 10.2 Å². The standard InChI is InChI=1S/C18H24N6O/c1-17(2)12-10-11(6-7-13(12)21-14(17)25)24-16(20)22-15(19)23-18(24)8-4-3-5-9-18/h6-7,10H,3-5,8-9H2,1-2H3,(H,21,25)(H4,19,20,22,23). The van der Waals surface area contributed by atoms with Gasteiger partial charge in [-0.15, -0.1) is 0 Å². The molecule has 0 radical (unpaired) electrons. The van der Waals surface area contributed by atoms with Gasteiger partial charge in [-0.1, -0.05) is 6.42 Å². The molecule has 1 amide bonds. The number of benzene rings is 1. The fourth-order valence-corrected chi connectivity index (χ4v) is 4.19. The minimum Gasteiger partial charge on any atom is -0.369 e. The molecule has 1 aromatic rings. The van der Waals surface area contributed by atoms with Crippen molar-refractivity contribution in [1.29, 1.82) is 0 Å². The normalized spacial score (nSPS) is 23.8. The Hall–Kier alpha value is -2.57. The van der Waals surface area contributed by atoms with Crippen molar-refractivity contribution in [2.45, 2.75) is 57.0 Å². The van der Waals surface area contributed by atoms with Gasteiger partial charge in [0.25, 0.3) is 0 Å². The van der Waals surface area contributed by atoms with Crippen LogP contribution in [0.15, 0.2) is 28.2 Å². The highest BCUT2D eigenvalue weighted by Gasteiger charge is 2.44. The SMILES string of the molecule is CC1(C)C(=O)Nc2ccc(N3C(N)=NC(N)=NC34CCCCC4)cc21. The molecule has 5 N–H and O–H groups in total. The van der Waals surface area contributed by atoms with E-state index in [9.17, 15) is 4.79 Å². The lowest BCUT2D eigenvalue weighted by Gasteiger charge is -2.45. The summed E-state index contributed by atoms with van der Waals surface area (Å²) >= 11 is 0. The van der Waals surface area contributed by atoms with Gasteiger partial charge < -0.3 is 16.8 Å². The summed E-state index contributed by atoms with van der Waals surface area (Å²) in [6, 6.07) is 5.93. The van der Waals surface area contributed by atoms with Gasteiger partial charge in [0.15, 0.2) is 0 Å². The summed E-state index contributed by atoms with van der Waals surface area (Å²) in [4.78, 5) is 23.1. The third kappa shape index (κ3) is 2.29. The predicted molar refractivity (Wildman–Crippen MR) is 99.6 cm³/mol. The predicted octanol–water partition coefficient (Wildman–Crippen LogP) is 2.03. The first-order valence-electron chi connectivity index (χ1n) is 8.79. The maximum Gasteiger partial charge on any atom is 0.234 e. The van der Waals surface area contributed by atoms with Gasteiger partial charge >= 0.3 is 0 Å². The van der Waals surface area contributed by atoms with Crippen LogP contribution >= 0.6 is 0 Å². The lowest BCUT2D eigenvalue weighted by molar-refractivity contribution is -0.119. The Kier molecular flexibility index (Phi) is 3.32. The quantitative estimate of drug-likeness (QED) is 0.726. The average Bonchev–Trinajstić information content (AvgIpc) is 2.77. The Morgan fingerprint density at radius 3 is 2.60 bits per heavy atom. The van der Waals surface area contributed by atoms with Crippen molar-refractivity contribution in [3.05, 3.63) is 23.8 Å². The number of nitrogens with two attached hydrogens (primary N) is 2. The van der Waals surface area contributed by atoms with Crippen LogP contribution in [0.3, 0.4) is 0 Å². The first-order chi connectivity index (χ1) is 11.8. The minimum atomic E-state index is -0.574. The van der Waals surface area contributed by atoms with Gasteiger partial charge in [-0.25, -0.2) is 4.99 Å². The van der Waals surface area contributed by atoms with E-state index in [2.05, 4.69) is 10.3 Å². The molecule has 0 saturated heterocycles. The highest BCUT2D eigenvalue weighted by molar-refractivity contribution is 6.08. The van der Waals surface area contributed by atoms with Crippen molar-refractivity contribution in [3.8, 4) is 0 Å². The van der Waals surface area contributed by atoms with E-state index in [0.717, 1.165) is 42.6 Å². The molecule has 2 heterocycles. The average molecular weight is 340 g/mol. The van der Waals surface area contributed by atoms with E-state index in [1.165, 1.54) is 6.42 Å². The van der Waals surface area contributed by atoms with E-state index in [1.54, 1.807) is 0 Å². The van der Waals surface area contributed by atoms with E-state index in [4.69, 9.17) is 16.5 Å². The molecular formula is C18H24N6O. The zero-order chi connectivity index (χ0) is 17.8. The number of fused-ring (bicyclic) bond motifs is 1. The first kappa shape index (κ1) is 15.9. The molecule has 3 aliphatic rings. The second-order valence-corrected chi connectivity index (χ2v) is 7.63. The number of carbonyl (C=O) groups excluding carboxylic acids is 1. The Labute approximate surface area is 147 Å². The molecule has 0 bridgehead atoms. The van der Waals surface area contributed by atoms with Crippen molar-refractivity contribution < 1.29 is 4.79 Å². The molecule has 132 valence electrons. The van der Waals surface area contributed by atoms with Crippen LogP contribution in [0.4, 0.5) is 11.4 Å². The van der Waals surface area contributed by atoms with Crippen LogP contribution < -0.4 is 21.7 Å². The Balaban J connectivity index is 1.82. The largest absolute Gasteiger partial charge is 0.369 e. The Bertz CT molecular complexity index is 804. The number of hydrogen-bond acceptors (Lipinski definition) is 6. The number of guanidine groups is 2. The number of nitrogens with one attached hydrogen (secondary N) is 1. The molecule has 7 nitrogen and oxygen atoms in total. The summed E-state index contributed by atoms with van der Waals surface area (Å²) in [7, 11) is 0. The summed E-state index contributed by atoms with van der Waals surface area (Å²) in [5.41, 5.74) is 13.9. The summed E-state index contributed by atoms with van der Waals surface area (Å²) in [6.45, 7) is 3.86. The van der Waals surface area contributed by atoms with Gasteiger partial charge in [0.2, 0.25) is 17.8 Å². The minimum absolute atomic E-state index is 0.00887. The van der Waals surface area contributed by atoms with Gasteiger partial charge in [0, 0.05) is 11.4 Å². The molecule has 4 rings (SSSR count). The number of nitrogens with zero attached hydrogens (tertiary/aromatic N) is 3. The molecular weight excluding hydrogens is 316 g/mol. The van der Waals surface area contributed by atoms with Crippen molar-refractivity contribution in [2.75, 3.05) is 10.2 Å². The van der Waals surface area contributed by atoms with Crippen molar-refractivity contribution >= 4 is 29.2 Å². The van der Waals surface area contributed by atoms with Crippen LogP contribution in [0.25, 0.3) is 0 Å².